The van der Waals surface area contributed by atoms with Gasteiger partial charge in [0.2, 0.25) is 5.88 Å². The van der Waals surface area contributed by atoms with Crippen molar-refractivity contribution in [2.75, 3.05) is 24.5 Å². The van der Waals surface area contributed by atoms with Crippen LogP contribution in [0.1, 0.15) is 18.9 Å². The van der Waals surface area contributed by atoms with Crippen LogP contribution in [0.15, 0.2) is 36.7 Å². The van der Waals surface area contributed by atoms with Crippen LogP contribution in [0.4, 0.5) is 5.82 Å². The highest BCUT2D eigenvalue weighted by Crippen LogP contribution is 2.20. The highest BCUT2D eigenvalue weighted by atomic mass is 35.5. The molecule has 0 radical (unpaired) electrons. The van der Waals surface area contributed by atoms with Gasteiger partial charge in [-0.05, 0) is 24.1 Å². The molecule has 0 amide bonds. The summed E-state index contributed by atoms with van der Waals surface area (Å²) in [6.07, 6.45) is 4.53. The first-order chi connectivity index (χ1) is 11.3. The van der Waals surface area contributed by atoms with E-state index in [1.165, 1.54) is 0 Å². The van der Waals surface area contributed by atoms with Gasteiger partial charge in [-0.25, -0.2) is 0 Å². The van der Waals surface area contributed by atoms with Gasteiger partial charge in [-0.1, -0.05) is 30.7 Å². The van der Waals surface area contributed by atoms with E-state index >= 15 is 0 Å². The van der Waals surface area contributed by atoms with E-state index in [1.807, 2.05) is 24.3 Å². The summed E-state index contributed by atoms with van der Waals surface area (Å²) in [5, 5.41) is 4.12. The van der Waals surface area contributed by atoms with Crippen molar-refractivity contribution in [2.24, 2.45) is 0 Å². The lowest BCUT2D eigenvalue weighted by molar-refractivity contribution is 0.292. The summed E-state index contributed by atoms with van der Waals surface area (Å²) in [6.45, 7) is 5.50. The quantitative estimate of drug-likeness (QED) is 0.912. The second-order valence-corrected chi connectivity index (χ2v) is 6.03. The molecule has 0 saturated carbocycles. The number of aromatic nitrogens is 2. The third-order valence-corrected chi connectivity index (χ3v) is 4.23. The predicted molar refractivity (Wildman–Crippen MR) is 92.1 cm³/mol. The minimum atomic E-state index is 0.428. The average Bonchev–Trinajstić information content (AvgIpc) is 2.60. The number of hydrogen-bond donors (Lipinski definition) is 1. The van der Waals surface area contributed by atoms with Crippen molar-refractivity contribution < 1.29 is 4.74 Å². The molecule has 3 rings (SSSR count). The summed E-state index contributed by atoms with van der Waals surface area (Å²) in [7, 11) is 0. The molecule has 0 aliphatic carbocycles. The van der Waals surface area contributed by atoms with Crippen molar-refractivity contribution in [1.29, 1.82) is 0 Å². The molecule has 0 bridgehead atoms. The van der Waals surface area contributed by atoms with Gasteiger partial charge in [0.1, 0.15) is 6.61 Å². The van der Waals surface area contributed by atoms with Crippen molar-refractivity contribution in [2.45, 2.75) is 26.0 Å². The summed E-state index contributed by atoms with van der Waals surface area (Å²) >= 11 is 5.99. The van der Waals surface area contributed by atoms with Gasteiger partial charge in [-0.3, -0.25) is 4.98 Å². The van der Waals surface area contributed by atoms with E-state index in [0.717, 1.165) is 37.4 Å². The Morgan fingerprint density at radius 2 is 2.30 bits per heavy atom. The van der Waals surface area contributed by atoms with Crippen LogP contribution in [0.5, 0.6) is 5.88 Å². The maximum absolute atomic E-state index is 5.99. The highest BCUT2D eigenvalue weighted by Gasteiger charge is 2.22. The second-order valence-electron chi connectivity index (χ2n) is 5.59. The van der Waals surface area contributed by atoms with E-state index in [4.69, 9.17) is 16.3 Å². The normalized spacial score (nSPS) is 18.0. The molecule has 6 heteroatoms. The maximum Gasteiger partial charge on any atom is 0.234 e. The largest absolute Gasteiger partial charge is 0.472 e. The summed E-state index contributed by atoms with van der Waals surface area (Å²) in [4.78, 5) is 11.2. The number of halogens is 1. The first-order valence-corrected chi connectivity index (χ1v) is 8.30. The third-order valence-electron chi connectivity index (χ3n) is 3.99. The molecule has 1 N–H and O–H groups in total. The number of nitrogens with zero attached hydrogens (tertiary/aromatic N) is 3. The molecule has 1 aliphatic heterocycles. The predicted octanol–water partition coefficient (Wildman–Crippen LogP) is 2.90. The number of anilines is 1. The molecule has 1 fully saturated rings. The van der Waals surface area contributed by atoms with Crippen LogP contribution in [0, 0.1) is 0 Å². The molecule has 1 atom stereocenters. The fourth-order valence-corrected chi connectivity index (χ4v) is 2.97. The Balaban J connectivity index is 1.69. The van der Waals surface area contributed by atoms with Gasteiger partial charge < -0.3 is 15.0 Å². The Hall–Kier alpha value is -1.85. The fourth-order valence-electron chi connectivity index (χ4n) is 2.76. The Morgan fingerprint density at radius 3 is 3.13 bits per heavy atom. The van der Waals surface area contributed by atoms with E-state index in [1.54, 1.807) is 12.4 Å². The Morgan fingerprint density at radius 1 is 1.39 bits per heavy atom. The topological polar surface area (TPSA) is 50.3 Å². The molecular formula is C17H21ClN4O. The smallest absolute Gasteiger partial charge is 0.234 e. The van der Waals surface area contributed by atoms with Gasteiger partial charge >= 0.3 is 0 Å². The first kappa shape index (κ1) is 16.0. The number of piperazine rings is 1. The van der Waals surface area contributed by atoms with Gasteiger partial charge in [0, 0.05) is 30.7 Å². The molecule has 5 nitrogen and oxygen atoms in total. The highest BCUT2D eigenvalue weighted by molar-refractivity contribution is 6.30. The lowest BCUT2D eigenvalue weighted by Gasteiger charge is -2.36. The van der Waals surface area contributed by atoms with Crippen LogP contribution in [-0.4, -0.2) is 35.6 Å². The zero-order valence-corrected chi connectivity index (χ0v) is 14.0. The van der Waals surface area contributed by atoms with Crippen LogP contribution in [0.3, 0.4) is 0 Å². The number of ether oxygens (including phenoxy) is 1. The maximum atomic E-state index is 5.99. The zero-order valence-electron chi connectivity index (χ0n) is 13.2. The van der Waals surface area contributed by atoms with Gasteiger partial charge in [0.15, 0.2) is 5.82 Å². The van der Waals surface area contributed by atoms with Crippen molar-refractivity contribution in [3.8, 4) is 5.88 Å². The second kappa shape index (κ2) is 7.62. The third kappa shape index (κ3) is 4.12. The SMILES string of the molecule is CCC1CNCCN1c1cncc(OCc2cccc(Cl)c2)n1. The van der Waals surface area contributed by atoms with Crippen LogP contribution < -0.4 is 15.0 Å². The molecule has 0 spiro atoms. The molecule has 1 unspecified atom stereocenters. The number of rotatable bonds is 5. The Kier molecular flexibility index (Phi) is 5.31. The van der Waals surface area contributed by atoms with E-state index in [9.17, 15) is 0 Å². The molecule has 2 heterocycles. The van der Waals surface area contributed by atoms with Gasteiger partial charge in [0.25, 0.3) is 0 Å². The van der Waals surface area contributed by atoms with Crippen molar-refractivity contribution in [3.05, 3.63) is 47.2 Å². The summed E-state index contributed by atoms with van der Waals surface area (Å²) in [5.41, 5.74) is 1.01. The minimum Gasteiger partial charge on any atom is -0.472 e. The van der Waals surface area contributed by atoms with Crippen molar-refractivity contribution in [3.63, 3.8) is 0 Å². The number of nitrogens with one attached hydrogen (secondary N) is 1. The van der Waals surface area contributed by atoms with Gasteiger partial charge in [0.05, 0.1) is 12.4 Å². The molecule has 122 valence electrons. The standard InChI is InChI=1S/C17H21ClN4O/c1-2-15-9-19-6-7-22(15)16-10-20-11-17(21-16)23-12-13-4-3-5-14(18)8-13/h3-5,8,10-11,15,19H,2,6-7,9,12H2,1H3. The van der Waals surface area contributed by atoms with E-state index in [-0.39, 0.29) is 0 Å². The Bertz CT molecular complexity index is 652. The molecule has 2 aromatic rings. The van der Waals surface area contributed by atoms with Crippen LogP contribution in [0.2, 0.25) is 5.02 Å². The molecule has 1 aliphatic rings. The summed E-state index contributed by atoms with van der Waals surface area (Å²) in [5.74, 6) is 1.41. The van der Waals surface area contributed by atoms with Gasteiger partial charge in [-0.2, -0.15) is 4.98 Å². The average molecular weight is 333 g/mol. The Labute approximate surface area is 141 Å². The summed E-state index contributed by atoms with van der Waals surface area (Å²) < 4.78 is 5.77. The van der Waals surface area contributed by atoms with Crippen molar-refractivity contribution in [1.82, 2.24) is 15.3 Å². The molecule has 23 heavy (non-hydrogen) atoms. The van der Waals surface area contributed by atoms with Crippen LogP contribution in [-0.2, 0) is 6.61 Å². The van der Waals surface area contributed by atoms with E-state index in [2.05, 4.69) is 27.1 Å². The van der Waals surface area contributed by atoms with Crippen LogP contribution >= 0.6 is 11.6 Å². The fraction of sp³-hybridized carbons (Fsp3) is 0.412. The van der Waals surface area contributed by atoms with Crippen molar-refractivity contribution >= 4 is 17.4 Å². The molecular weight excluding hydrogens is 312 g/mol. The molecule has 1 aromatic heterocycles. The van der Waals surface area contributed by atoms with E-state index in [0.29, 0.717) is 23.6 Å². The lowest BCUT2D eigenvalue weighted by atomic mass is 10.1. The number of hydrogen-bond acceptors (Lipinski definition) is 5. The number of benzene rings is 1. The molecule has 1 saturated heterocycles. The zero-order chi connectivity index (χ0) is 16.1. The monoisotopic (exact) mass is 332 g/mol. The van der Waals surface area contributed by atoms with Gasteiger partial charge in [-0.15, -0.1) is 0 Å². The minimum absolute atomic E-state index is 0.428. The van der Waals surface area contributed by atoms with E-state index < -0.39 is 0 Å². The lowest BCUT2D eigenvalue weighted by Crippen LogP contribution is -2.51. The van der Waals surface area contributed by atoms with Crippen LogP contribution in [0.25, 0.3) is 0 Å². The first-order valence-electron chi connectivity index (χ1n) is 7.93. The summed E-state index contributed by atoms with van der Waals surface area (Å²) in [6, 6.07) is 8.08. The molecule has 1 aromatic carbocycles.